The average molecular weight is 405 g/mol. The Balaban J connectivity index is 2.30. The maximum atomic E-state index is 12.7. The molecular weight excluding hydrogens is 384 g/mol. The summed E-state index contributed by atoms with van der Waals surface area (Å²) >= 11 is 3.27. The molecule has 1 aromatic carbocycles. The molecule has 0 unspecified atom stereocenters. The zero-order chi connectivity index (χ0) is 17.0. The molecule has 0 aromatic heterocycles. The van der Waals surface area contributed by atoms with Crippen LogP contribution in [0.15, 0.2) is 27.6 Å². The van der Waals surface area contributed by atoms with E-state index in [1.807, 2.05) is 0 Å². The van der Waals surface area contributed by atoms with Gasteiger partial charge in [0, 0.05) is 23.6 Å². The van der Waals surface area contributed by atoms with Crippen LogP contribution in [0.1, 0.15) is 36.5 Å². The highest BCUT2D eigenvalue weighted by Crippen LogP contribution is 2.25. The summed E-state index contributed by atoms with van der Waals surface area (Å²) in [5.41, 5.74) is 0.239. The molecule has 0 radical (unpaired) electrons. The Morgan fingerprint density at radius 1 is 1.35 bits per heavy atom. The number of amides is 1. The molecule has 1 fully saturated rings. The second-order valence-electron chi connectivity index (χ2n) is 5.66. The number of carbonyl (C=O) groups is 1. The van der Waals surface area contributed by atoms with Crippen molar-refractivity contribution in [3.8, 4) is 0 Å². The minimum atomic E-state index is -3.59. The van der Waals surface area contributed by atoms with Crippen LogP contribution in [0.2, 0.25) is 0 Å². The fraction of sp³-hybridized carbons (Fsp3) is 0.533. The number of sulfonamides is 1. The molecule has 8 heteroatoms. The molecule has 1 atom stereocenters. The predicted molar refractivity (Wildman–Crippen MR) is 90.8 cm³/mol. The lowest BCUT2D eigenvalue weighted by molar-refractivity contribution is 0.0921. The number of hydrogen-bond donors (Lipinski definition) is 2. The largest absolute Gasteiger partial charge is 0.394 e. The Hall–Kier alpha value is -0.960. The Labute approximate surface area is 145 Å². The molecule has 1 aliphatic rings. The number of hydrogen-bond acceptors (Lipinski definition) is 4. The van der Waals surface area contributed by atoms with Gasteiger partial charge in [-0.1, -0.05) is 6.42 Å². The van der Waals surface area contributed by atoms with Gasteiger partial charge in [-0.05, 0) is 53.9 Å². The van der Waals surface area contributed by atoms with E-state index in [0.717, 1.165) is 19.3 Å². The molecule has 6 nitrogen and oxygen atoms in total. The summed E-state index contributed by atoms with van der Waals surface area (Å²) in [7, 11) is -3.59. The highest BCUT2D eigenvalue weighted by atomic mass is 79.9. The first-order chi connectivity index (χ1) is 10.9. The van der Waals surface area contributed by atoms with Crippen LogP contribution >= 0.6 is 15.9 Å². The van der Waals surface area contributed by atoms with Gasteiger partial charge in [0.2, 0.25) is 10.0 Å². The Morgan fingerprint density at radius 3 is 2.61 bits per heavy atom. The van der Waals surface area contributed by atoms with Gasteiger partial charge in [0.25, 0.3) is 5.91 Å². The third-order valence-electron chi connectivity index (χ3n) is 3.79. The van der Waals surface area contributed by atoms with E-state index in [-0.39, 0.29) is 17.1 Å². The van der Waals surface area contributed by atoms with E-state index in [2.05, 4.69) is 21.2 Å². The number of nitrogens with one attached hydrogen (secondary N) is 1. The predicted octanol–water partition coefficient (Wildman–Crippen LogP) is 1.73. The van der Waals surface area contributed by atoms with Crippen molar-refractivity contribution in [3.05, 3.63) is 28.2 Å². The molecule has 0 saturated carbocycles. The SMILES string of the molecule is C[C@H](CO)NC(=O)c1cc(S(=O)(=O)N2CCCCC2)ccc1Br. The normalized spacial score (nSPS) is 17.7. The van der Waals surface area contributed by atoms with E-state index < -0.39 is 22.0 Å². The summed E-state index contributed by atoms with van der Waals surface area (Å²) in [6, 6.07) is 4.04. The molecule has 0 bridgehead atoms. The van der Waals surface area contributed by atoms with E-state index in [4.69, 9.17) is 5.11 Å². The molecule has 23 heavy (non-hydrogen) atoms. The van der Waals surface area contributed by atoms with Crippen LogP contribution in [0.25, 0.3) is 0 Å². The van der Waals surface area contributed by atoms with Crippen LogP contribution in [0.4, 0.5) is 0 Å². The molecule has 1 heterocycles. The maximum Gasteiger partial charge on any atom is 0.252 e. The van der Waals surface area contributed by atoms with E-state index >= 15 is 0 Å². The molecule has 1 amide bonds. The quantitative estimate of drug-likeness (QED) is 0.782. The number of carbonyl (C=O) groups excluding carboxylic acids is 1. The highest BCUT2D eigenvalue weighted by Gasteiger charge is 2.27. The summed E-state index contributed by atoms with van der Waals surface area (Å²) in [5, 5.41) is 11.6. The fourth-order valence-corrected chi connectivity index (χ4v) is 4.41. The number of aliphatic hydroxyl groups is 1. The first-order valence-corrected chi connectivity index (χ1v) is 9.81. The van der Waals surface area contributed by atoms with E-state index in [9.17, 15) is 13.2 Å². The zero-order valence-electron chi connectivity index (χ0n) is 13.0. The van der Waals surface area contributed by atoms with Crippen LogP contribution in [-0.4, -0.2) is 49.5 Å². The van der Waals surface area contributed by atoms with Crippen LogP contribution < -0.4 is 5.32 Å². The average Bonchev–Trinajstić information content (AvgIpc) is 2.55. The maximum absolute atomic E-state index is 12.7. The third-order valence-corrected chi connectivity index (χ3v) is 6.37. The standard InChI is InChI=1S/C15H21BrN2O4S/c1-11(10-19)17-15(20)13-9-12(5-6-14(13)16)23(21,22)18-7-3-2-4-8-18/h5-6,9,11,19H,2-4,7-8,10H2,1H3,(H,17,20)/t11-/m1/s1. The van der Waals surface area contributed by atoms with E-state index in [1.54, 1.807) is 13.0 Å². The van der Waals surface area contributed by atoms with Gasteiger partial charge in [0.05, 0.1) is 17.1 Å². The van der Waals surface area contributed by atoms with Crippen LogP contribution in [0.3, 0.4) is 0 Å². The van der Waals surface area contributed by atoms with Gasteiger partial charge in [-0.3, -0.25) is 4.79 Å². The third kappa shape index (κ3) is 4.32. The summed E-state index contributed by atoms with van der Waals surface area (Å²) in [4.78, 5) is 12.3. The number of piperidine rings is 1. The zero-order valence-corrected chi connectivity index (χ0v) is 15.4. The second kappa shape index (κ2) is 7.74. The number of aliphatic hydroxyl groups excluding tert-OH is 1. The minimum Gasteiger partial charge on any atom is -0.394 e. The summed E-state index contributed by atoms with van der Waals surface area (Å²) in [6.07, 6.45) is 2.76. The highest BCUT2D eigenvalue weighted by molar-refractivity contribution is 9.10. The minimum absolute atomic E-state index is 0.115. The smallest absolute Gasteiger partial charge is 0.252 e. The Kier molecular flexibility index (Phi) is 6.19. The second-order valence-corrected chi connectivity index (χ2v) is 8.46. The monoisotopic (exact) mass is 404 g/mol. The number of nitrogens with zero attached hydrogens (tertiary/aromatic N) is 1. The first-order valence-electron chi connectivity index (χ1n) is 7.57. The van der Waals surface area contributed by atoms with Crippen LogP contribution in [0, 0.1) is 0 Å². The van der Waals surface area contributed by atoms with Gasteiger partial charge >= 0.3 is 0 Å². The summed E-state index contributed by atoms with van der Waals surface area (Å²) < 4.78 is 27.4. The molecule has 1 saturated heterocycles. The molecular formula is C15H21BrN2O4S. The van der Waals surface area contributed by atoms with Crippen LogP contribution in [-0.2, 0) is 10.0 Å². The van der Waals surface area contributed by atoms with Crippen molar-refractivity contribution in [2.24, 2.45) is 0 Å². The van der Waals surface area contributed by atoms with Gasteiger partial charge in [-0.2, -0.15) is 4.31 Å². The summed E-state index contributed by atoms with van der Waals surface area (Å²) in [5.74, 6) is -0.422. The number of halogens is 1. The van der Waals surface area contributed by atoms with Crippen molar-refractivity contribution < 1.29 is 18.3 Å². The van der Waals surface area contributed by atoms with Gasteiger partial charge in [0.15, 0.2) is 0 Å². The number of rotatable bonds is 5. The lowest BCUT2D eigenvalue weighted by Crippen LogP contribution is -2.36. The van der Waals surface area contributed by atoms with E-state index in [0.29, 0.717) is 17.6 Å². The van der Waals surface area contributed by atoms with Crippen molar-refractivity contribution in [1.82, 2.24) is 9.62 Å². The molecule has 2 N–H and O–H groups in total. The lowest BCUT2D eigenvalue weighted by atomic mass is 10.2. The van der Waals surface area contributed by atoms with Gasteiger partial charge < -0.3 is 10.4 Å². The first kappa shape index (κ1) is 18.4. The fourth-order valence-electron chi connectivity index (χ4n) is 2.44. The Morgan fingerprint density at radius 2 is 2.00 bits per heavy atom. The van der Waals surface area contributed by atoms with Gasteiger partial charge in [-0.25, -0.2) is 8.42 Å². The molecule has 0 spiro atoms. The Bertz CT molecular complexity index is 672. The van der Waals surface area contributed by atoms with Crippen molar-refractivity contribution >= 4 is 31.9 Å². The van der Waals surface area contributed by atoms with E-state index in [1.165, 1.54) is 16.4 Å². The number of benzene rings is 1. The molecule has 128 valence electrons. The van der Waals surface area contributed by atoms with Crippen molar-refractivity contribution in [2.75, 3.05) is 19.7 Å². The molecule has 1 aliphatic heterocycles. The van der Waals surface area contributed by atoms with Crippen molar-refractivity contribution in [1.29, 1.82) is 0 Å². The summed E-state index contributed by atoms with van der Waals surface area (Å²) in [6.45, 7) is 2.51. The van der Waals surface area contributed by atoms with Crippen molar-refractivity contribution in [2.45, 2.75) is 37.1 Å². The molecule has 0 aliphatic carbocycles. The molecule has 2 rings (SSSR count). The van der Waals surface area contributed by atoms with Crippen LogP contribution in [0.5, 0.6) is 0 Å². The van der Waals surface area contributed by atoms with Gasteiger partial charge in [-0.15, -0.1) is 0 Å². The van der Waals surface area contributed by atoms with Crippen molar-refractivity contribution in [3.63, 3.8) is 0 Å². The topological polar surface area (TPSA) is 86.7 Å². The van der Waals surface area contributed by atoms with Gasteiger partial charge in [0.1, 0.15) is 0 Å². The lowest BCUT2D eigenvalue weighted by Gasteiger charge is -2.26. The molecule has 1 aromatic rings.